The van der Waals surface area contributed by atoms with Crippen LogP contribution in [0.1, 0.15) is 26.3 Å². The largest absolute Gasteiger partial charge is 0.443 e. The summed E-state index contributed by atoms with van der Waals surface area (Å²) in [5, 5.41) is 2.18. The third kappa shape index (κ3) is 3.52. The SMILES string of the molecule is Cc1cc(Cl)c2c(N(C)C(=O)OC(C)(C)C)ncc(Br)c2c1. The molecular formula is C16H18BrClN2O2. The van der Waals surface area contributed by atoms with Gasteiger partial charge in [-0.1, -0.05) is 17.7 Å². The monoisotopic (exact) mass is 384 g/mol. The second kappa shape index (κ2) is 6.05. The van der Waals surface area contributed by atoms with Crippen molar-refractivity contribution in [1.82, 2.24) is 4.98 Å². The molecule has 2 aromatic rings. The molecule has 1 heterocycles. The molecule has 0 aliphatic heterocycles. The first-order valence-electron chi connectivity index (χ1n) is 6.81. The van der Waals surface area contributed by atoms with Crippen molar-refractivity contribution in [1.29, 1.82) is 0 Å². The first-order chi connectivity index (χ1) is 10.1. The predicted molar refractivity (Wildman–Crippen MR) is 93.8 cm³/mol. The molecule has 6 heteroatoms. The van der Waals surface area contributed by atoms with Crippen molar-refractivity contribution in [3.8, 4) is 0 Å². The number of fused-ring (bicyclic) bond motifs is 1. The maximum absolute atomic E-state index is 12.3. The molecule has 2 rings (SSSR count). The highest BCUT2D eigenvalue weighted by Gasteiger charge is 2.24. The molecule has 4 nitrogen and oxygen atoms in total. The van der Waals surface area contributed by atoms with E-state index in [4.69, 9.17) is 16.3 Å². The molecule has 0 aliphatic carbocycles. The van der Waals surface area contributed by atoms with Gasteiger partial charge in [0.05, 0.1) is 5.02 Å². The van der Waals surface area contributed by atoms with Gasteiger partial charge in [0.1, 0.15) is 11.4 Å². The Bertz CT molecular complexity index is 741. The van der Waals surface area contributed by atoms with E-state index < -0.39 is 11.7 Å². The van der Waals surface area contributed by atoms with Crippen LogP contribution in [0.4, 0.5) is 10.6 Å². The van der Waals surface area contributed by atoms with Crippen LogP contribution in [-0.2, 0) is 4.74 Å². The van der Waals surface area contributed by atoms with Gasteiger partial charge in [0.2, 0.25) is 0 Å². The van der Waals surface area contributed by atoms with E-state index in [0.717, 1.165) is 20.8 Å². The van der Waals surface area contributed by atoms with Gasteiger partial charge in [-0.05, 0) is 55.3 Å². The highest BCUT2D eigenvalue weighted by molar-refractivity contribution is 9.10. The van der Waals surface area contributed by atoms with Crippen LogP contribution in [0, 0.1) is 6.92 Å². The smallest absolute Gasteiger partial charge is 0.415 e. The molecule has 1 aromatic heterocycles. The van der Waals surface area contributed by atoms with Gasteiger partial charge in [0.15, 0.2) is 0 Å². The maximum atomic E-state index is 12.3. The number of ether oxygens (including phenoxy) is 1. The molecule has 0 atom stereocenters. The zero-order valence-electron chi connectivity index (χ0n) is 13.2. The van der Waals surface area contributed by atoms with Gasteiger partial charge in [0, 0.05) is 28.5 Å². The Kier molecular flexibility index (Phi) is 4.68. The van der Waals surface area contributed by atoms with E-state index in [-0.39, 0.29) is 0 Å². The molecule has 0 fully saturated rings. The Morgan fingerprint density at radius 1 is 1.36 bits per heavy atom. The lowest BCUT2D eigenvalue weighted by Gasteiger charge is -2.25. The first-order valence-corrected chi connectivity index (χ1v) is 7.98. The van der Waals surface area contributed by atoms with Crippen LogP contribution >= 0.6 is 27.5 Å². The number of halogens is 2. The quantitative estimate of drug-likeness (QED) is 0.666. The number of rotatable bonds is 1. The Morgan fingerprint density at radius 3 is 2.59 bits per heavy atom. The summed E-state index contributed by atoms with van der Waals surface area (Å²) in [5.74, 6) is 0.470. The fraction of sp³-hybridized carbons (Fsp3) is 0.375. The highest BCUT2D eigenvalue weighted by Crippen LogP contribution is 2.36. The Hall–Kier alpha value is -1.33. The molecule has 0 radical (unpaired) electrons. The van der Waals surface area contributed by atoms with E-state index in [9.17, 15) is 4.79 Å². The fourth-order valence-electron chi connectivity index (χ4n) is 2.08. The second-order valence-electron chi connectivity index (χ2n) is 6.14. The van der Waals surface area contributed by atoms with Crippen LogP contribution < -0.4 is 4.90 Å². The van der Waals surface area contributed by atoms with E-state index >= 15 is 0 Å². The number of carbonyl (C=O) groups excluding carboxylic acids is 1. The minimum absolute atomic E-state index is 0.470. The minimum Gasteiger partial charge on any atom is -0.443 e. The maximum Gasteiger partial charge on any atom is 0.415 e. The molecular weight excluding hydrogens is 368 g/mol. The van der Waals surface area contributed by atoms with Crippen LogP contribution in [0.3, 0.4) is 0 Å². The Labute approximate surface area is 143 Å². The van der Waals surface area contributed by atoms with Gasteiger partial charge in [0.25, 0.3) is 0 Å². The number of amides is 1. The van der Waals surface area contributed by atoms with Crippen LogP contribution in [0.15, 0.2) is 22.8 Å². The number of anilines is 1. The molecule has 1 aromatic carbocycles. The summed E-state index contributed by atoms with van der Waals surface area (Å²) in [4.78, 5) is 18.0. The summed E-state index contributed by atoms with van der Waals surface area (Å²) in [6.45, 7) is 7.43. The highest BCUT2D eigenvalue weighted by atomic mass is 79.9. The van der Waals surface area contributed by atoms with Crippen LogP contribution in [0.5, 0.6) is 0 Å². The average Bonchev–Trinajstić information content (AvgIpc) is 2.37. The molecule has 0 N–H and O–H groups in total. The van der Waals surface area contributed by atoms with Crippen molar-refractivity contribution >= 4 is 50.2 Å². The lowest BCUT2D eigenvalue weighted by Crippen LogP contribution is -2.34. The van der Waals surface area contributed by atoms with Crippen molar-refractivity contribution in [2.45, 2.75) is 33.3 Å². The van der Waals surface area contributed by atoms with Gasteiger partial charge in [-0.25, -0.2) is 9.78 Å². The number of aromatic nitrogens is 1. The summed E-state index contributed by atoms with van der Waals surface area (Å²) < 4.78 is 6.22. The van der Waals surface area contributed by atoms with Crippen molar-refractivity contribution in [3.05, 3.63) is 33.4 Å². The normalized spacial score (nSPS) is 11.6. The van der Waals surface area contributed by atoms with Crippen molar-refractivity contribution in [2.75, 3.05) is 11.9 Å². The third-order valence-corrected chi connectivity index (χ3v) is 3.93. The van der Waals surface area contributed by atoms with Crippen LogP contribution in [-0.4, -0.2) is 23.7 Å². The minimum atomic E-state index is -0.573. The van der Waals surface area contributed by atoms with E-state index in [2.05, 4.69) is 20.9 Å². The standard InChI is InChI=1S/C16H18BrClN2O2/c1-9-6-10-11(17)8-19-14(13(10)12(18)7-9)20(5)15(21)22-16(2,3)4/h6-8H,1-5H3. The zero-order valence-corrected chi connectivity index (χ0v) is 15.5. The molecule has 0 saturated heterocycles. The number of aryl methyl sites for hydroxylation is 1. The number of hydrogen-bond donors (Lipinski definition) is 0. The van der Waals surface area contributed by atoms with Crippen molar-refractivity contribution in [2.24, 2.45) is 0 Å². The Balaban J connectivity index is 2.57. The number of carbonyl (C=O) groups is 1. The third-order valence-electron chi connectivity index (χ3n) is 3.00. The topological polar surface area (TPSA) is 42.4 Å². The molecule has 0 spiro atoms. The summed E-state index contributed by atoms with van der Waals surface area (Å²) in [6.07, 6.45) is 1.19. The zero-order chi connectivity index (χ0) is 16.7. The van der Waals surface area contributed by atoms with E-state index in [1.807, 2.05) is 39.8 Å². The van der Waals surface area contributed by atoms with Gasteiger partial charge < -0.3 is 4.74 Å². The Morgan fingerprint density at radius 2 is 2.00 bits per heavy atom. The fourth-order valence-corrected chi connectivity index (χ4v) is 2.85. The van der Waals surface area contributed by atoms with Crippen LogP contribution in [0.25, 0.3) is 10.8 Å². The van der Waals surface area contributed by atoms with Gasteiger partial charge >= 0.3 is 6.09 Å². The summed E-state index contributed by atoms with van der Waals surface area (Å²) in [7, 11) is 1.62. The lowest BCUT2D eigenvalue weighted by molar-refractivity contribution is 0.0589. The average molecular weight is 386 g/mol. The number of hydrogen-bond acceptors (Lipinski definition) is 3. The number of nitrogens with zero attached hydrogens (tertiary/aromatic N) is 2. The van der Waals surface area contributed by atoms with Crippen LogP contribution in [0.2, 0.25) is 5.02 Å². The number of pyridine rings is 1. The van der Waals surface area contributed by atoms with E-state index in [0.29, 0.717) is 10.8 Å². The molecule has 0 aliphatic rings. The number of benzene rings is 1. The first kappa shape index (κ1) is 17.0. The molecule has 0 saturated carbocycles. The summed E-state index contributed by atoms with van der Waals surface area (Å²) in [6, 6.07) is 3.85. The molecule has 0 bridgehead atoms. The summed E-state index contributed by atoms with van der Waals surface area (Å²) >= 11 is 9.86. The molecule has 22 heavy (non-hydrogen) atoms. The summed E-state index contributed by atoms with van der Waals surface area (Å²) in [5.41, 5.74) is 0.465. The predicted octanol–water partition coefficient (Wildman–Crippen LogP) is 5.33. The lowest BCUT2D eigenvalue weighted by atomic mass is 10.1. The molecule has 0 unspecified atom stereocenters. The van der Waals surface area contributed by atoms with Crippen molar-refractivity contribution in [3.63, 3.8) is 0 Å². The van der Waals surface area contributed by atoms with Crippen molar-refractivity contribution < 1.29 is 9.53 Å². The molecule has 118 valence electrons. The van der Waals surface area contributed by atoms with E-state index in [1.54, 1.807) is 13.2 Å². The van der Waals surface area contributed by atoms with E-state index in [1.165, 1.54) is 4.90 Å². The second-order valence-corrected chi connectivity index (χ2v) is 7.40. The van der Waals surface area contributed by atoms with Gasteiger partial charge in [-0.3, -0.25) is 4.90 Å². The van der Waals surface area contributed by atoms with Gasteiger partial charge in [-0.2, -0.15) is 0 Å². The van der Waals surface area contributed by atoms with Gasteiger partial charge in [-0.15, -0.1) is 0 Å². The molecule has 1 amide bonds.